The number of imidazole rings is 2. The molecule has 156 valence electrons. The lowest BCUT2D eigenvalue weighted by Crippen LogP contribution is -2.28. The molecule has 1 aromatic carbocycles. The third-order valence-corrected chi connectivity index (χ3v) is 5.31. The van der Waals surface area contributed by atoms with Gasteiger partial charge in [0.15, 0.2) is 5.65 Å². The van der Waals surface area contributed by atoms with Crippen molar-refractivity contribution in [3.05, 3.63) is 79.3 Å². The Balaban J connectivity index is 1.70. The van der Waals surface area contributed by atoms with Gasteiger partial charge in [0, 0.05) is 28.4 Å². The quantitative estimate of drug-likeness (QED) is 0.410. The number of nitrogens with zero attached hydrogens (tertiary/aromatic N) is 4. The summed E-state index contributed by atoms with van der Waals surface area (Å²) >= 11 is 18.0. The Morgan fingerprint density at radius 3 is 2.63 bits per heavy atom. The molecule has 30 heavy (non-hydrogen) atoms. The molecule has 0 aliphatic rings. The minimum Gasteiger partial charge on any atom is -0.339 e. The molecule has 3 heterocycles. The SMILES string of the molecule is O=c1n(Cc2nc3nc(Cl)ccc3[nH]2)cc(Cc2ccc(Cl)cc2Cl)n1CC(F)F. The lowest BCUT2D eigenvalue weighted by atomic mass is 10.1. The predicted molar refractivity (Wildman–Crippen MR) is 112 cm³/mol. The fourth-order valence-corrected chi connectivity index (χ4v) is 3.80. The summed E-state index contributed by atoms with van der Waals surface area (Å²) in [6.07, 6.45) is -0.957. The van der Waals surface area contributed by atoms with Crippen LogP contribution < -0.4 is 5.69 Å². The van der Waals surface area contributed by atoms with Gasteiger partial charge in [0.2, 0.25) is 0 Å². The molecule has 0 spiro atoms. The maximum Gasteiger partial charge on any atom is 0.328 e. The van der Waals surface area contributed by atoms with Crippen molar-refractivity contribution in [3.63, 3.8) is 0 Å². The Morgan fingerprint density at radius 2 is 1.90 bits per heavy atom. The number of alkyl halides is 2. The molecule has 0 bridgehead atoms. The molecule has 0 radical (unpaired) electrons. The second kappa shape index (κ2) is 8.37. The van der Waals surface area contributed by atoms with E-state index in [9.17, 15) is 13.6 Å². The van der Waals surface area contributed by atoms with E-state index in [0.29, 0.717) is 43.4 Å². The Labute approximate surface area is 184 Å². The van der Waals surface area contributed by atoms with Crippen LogP contribution in [0.5, 0.6) is 0 Å². The van der Waals surface area contributed by atoms with E-state index in [0.717, 1.165) is 4.57 Å². The van der Waals surface area contributed by atoms with Crippen molar-refractivity contribution in [1.82, 2.24) is 24.1 Å². The molecule has 4 rings (SSSR count). The van der Waals surface area contributed by atoms with Crippen LogP contribution in [0.4, 0.5) is 8.78 Å². The summed E-state index contributed by atoms with van der Waals surface area (Å²) < 4.78 is 28.6. The highest BCUT2D eigenvalue weighted by Gasteiger charge is 2.18. The number of aromatic nitrogens is 5. The van der Waals surface area contributed by atoms with Gasteiger partial charge in [-0.3, -0.25) is 9.13 Å². The van der Waals surface area contributed by atoms with Crippen LogP contribution in [0.2, 0.25) is 15.2 Å². The number of halogens is 5. The first kappa shape index (κ1) is 20.8. The van der Waals surface area contributed by atoms with Crippen LogP contribution in [0.15, 0.2) is 41.3 Å². The Hall–Kier alpha value is -2.42. The van der Waals surface area contributed by atoms with Crippen molar-refractivity contribution < 1.29 is 8.78 Å². The number of fused-ring (bicyclic) bond motifs is 1. The summed E-state index contributed by atoms with van der Waals surface area (Å²) in [5.74, 6) is 0.451. The lowest BCUT2D eigenvalue weighted by Gasteiger charge is -2.08. The van der Waals surface area contributed by atoms with Crippen LogP contribution in [0.3, 0.4) is 0 Å². The van der Waals surface area contributed by atoms with Crippen molar-refractivity contribution in [3.8, 4) is 0 Å². The largest absolute Gasteiger partial charge is 0.339 e. The van der Waals surface area contributed by atoms with Gasteiger partial charge in [-0.25, -0.2) is 23.5 Å². The molecule has 4 aromatic rings. The van der Waals surface area contributed by atoms with Crippen molar-refractivity contribution in [2.45, 2.75) is 25.9 Å². The normalized spacial score (nSPS) is 11.7. The van der Waals surface area contributed by atoms with Gasteiger partial charge in [0.25, 0.3) is 6.43 Å². The van der Waals surface area contributed by atoms with Gasteiger partial charge >= 0.3 is 5.69 Å². The monoisotopic (exact) mass is 471 g/mol. The first-order valence-corrected chi connectivity index (χ1v) is 9.95. The molecule has 0 atom stereocenters. The van der Waals surface area contributed by atoms with E-state index in [2.05, 4.69) is 15.0 Å². The van der Waals surface area contributed by atoms with E-state index in [-0.39, 0.29) is 13.0 Å². The number of rotatable bonds is 6. The zero-order chi connectivity index (χ0) is 21.4. The number of benzene rings is 1. The summed E-state index contributed by atoms with van der Waals surface area (Å²) in [6.45, 7) is -0.659. The number of H-pyrrole nitrogens is 1. The summed E-state index contributed by atoms with van der Waals surface area (Å²) in [5, 5.41) is 1.15. The van der Waals surface area contributed by atoms with Crippen molar-refractivity contribution in [1.29, 1.82) is 0 Å². The Morgan fingerprint density at radius 1 is 1.10 bits per heavy atom. The van der Waals surface area contributed by atoms with E-state index < -0.39 is 18.7 Å². The second-order valence-electron chi connectivity index (χ2n) is 6.63. The molecule has 0 aliphatic heterocycles. The molecule has 1 N–H and O–H groups in total. The highest BCUT2D eigenvalue weighted by Crippen LogP contribution is 2.23. The lowest BCUT2D eigenvalue weighted by molar-refractivity contribution is 0.124. The Bertz CT molecular complexity index is 1280. The highest BCUT2D eigenvalue weighted by molar-refractivity contribution is 6.35. The Kier molecular flexibility index (Phi) is 5.81. The van der Waals surface area contributed by atoms with Gasteiger partial charge in [-0.1, -0.05) is 40.9 Å². The first-order chi connectivity index (χ1) is 14.3. The third-order valence-electron chi connectivity index (χ3n) is 4.52. The second-order valence-corrected chi connectivity index (χ2v) is 7.86. The molecule has 3 aromatic heterocycles. The van der Waals surface area contributed by atoms with Crippen molar-refractivity contribution in [2.24, 2.45) is 0 Å². The van der Waals surface area contributed by atoms with Crippen LogP contribution in [-0.2, 0) is 19.5 Å². The zero-order valence-electron chi connectivity index (χ0n) is 15.2. The minimum absolute atomic E-state index is 0.0599. The van der Waals surface area contributed by atoms with Crippen LogP contribution in [0.25, 0.3) is 11.2 Å². The third kappa shape index (κ3) is 4.35. The fraction of sp³-hybridized carbons (Fsp3) is 0.211. The number of aromatic amines is 1. The van der Waals surface area contributed by atoms with E-state index in [1.54, 1.807) is 30.3 Å². The smallest absolute Gasteiger partial charge is 0.328 e. The number of hydrogen-bond acceptors (Lipinski definition) is 3. The molecular formula is C19H14Cl3F2N5O. The van der Waals surface area contributed by atoms with Gasteiger partial charge in [-0.15, -0.1) is 0 Å². The van der Waals surface area contributed by atoms with Crippen LogP contribution in [-0.4, -0.2) is 30.5 Å². The number of hydrogen-bond donors (Lipinski definition) is 1. The van der Waals surface area contributed by atoms with Crippen molar-refractivity contribution in [2.75, 3.05) is 0 Å². The summed E-state index contributed by atoms with van der Waals surface area (Å²) in [4.78, 5) is 24.3. The zero-order valence-corrected chi connectivity index (χ0v) is 17.5. The molecule has 11 heteroatoms. The number of pyridine rings is 1. The minimum atomic E-state index is -2.68. The first-order valence-electron chi connectivity index (χ1n) is 8.82. The van der Waals surface area contributed by atoms with Crippen molar-refractivity contribution >= 4 is 46.0 Å². The van der Waals surface area contributed by atoms with Gasteiger partial charge < -0.3 is 4.98 Å². The van der Waals surface area contributed by atoms with Crippen LogP contribution in [0, 0.1) is 0 Å². The summed E-state index contributed by atoms with van der Waals surface area (Å²) in [5.41, 5.74) is 1.57. The van der Waals surface area contributed by atoms with E-state index in [1.165, 1.54) is 10.8 Å². The average Bonchev–Trinajstić information content (AvgIpc) is 3.19. The van der Waals surface area contributed by atoms with E-state index in [1.807, 2.05) is 0 Å². The molecular weight excluding hydrogens is 459 g/mol. The molecule has 0 fully saturated rings. The fourth-order valence-electron chi connectivity index (χ4n) is 3.19. The highest BCUT2D eigenvalue weighted by atomic mass is 35.5. The van der Waals surface area contributed by atoms with Gasteiger partial charge in [-0.05, 0) is 29.8 Å². The summed E-state index contributed by atoms with van der Waals surface area (Å²) in [6, 6.07) is 8.26. The van der Waals surface area contributed by atoms with E-state index >= 15 is 0 Å². The molecule has 0 amide bonds. The standard InChI is InChI=1S/C19H14Cl3F2N5O/c20-11-2-1-10(13(21)6-11)5-12-7-28(19(30)29(12)8-16(23)24)9-17-25-14-3-4-15(22)26-18(14)27-17/h1-4,6-7,16H,5,8-9H2,(H,25,26,27). The van der Waals surface area contributed by atoms with Gasteiger partial charge in [0.05, 0.1) is 18.6 Å². The predicted octanol–water partition coefficient (Wildman–Crippen LogP) is 4.79. The van der Waals surface area contributed by atoms with Crippen LogP contribution >= 0.6 is 34.8 Å². The summed E-state index contributed by atoms with van der Waals surface area (Å²) in [7, 11) is 0. The number of nitrogens with one attached hydrogen (secondary N) is 1. The molecule has 0 saturated carbocycles. The molecule has 0 aliphatic carbocycles. The van der Waals surface area contributed by atoms with E-state index in [4.69, 9.17) is 34.8 Å². The maximum atomic E-state index is 13.1. The maximum absolute atomic E-state index is 13.1. The molecule has 0 saturated heterocycles. The van der Waals surface area contributed by atoms with Crippen LogP contribution in [0.1, 0.15) is 17.1 Å². The molecule has 0 unspecified atom stereocenters. The topological polar surface area (TPSA) is 68.5 Å². The van der Waals surface area contributed by atoms with Gasteiger partial charge in [-0.2, -0.15) is 0 Å². The van der Waals surface area contributed by atoms with Gasteiger partial charge in [0.1, 0.15) is 11.0 Å². The molecule has 6 nitrogen and oxygen atoms in total. The average molecular weight is 473 g/mol.